The summed E-state index contributed by atoms with van der Waals surface area (Å²) in [6, 6.07) is 0.194. The molecule has 76 valence electrons. The van der Waals surface area contributed by atoms with Gasteiger partial charge in [0.2, 0.25) is 5.28 Å². The number of carbonyl (C=O) groups is 1. The fourth-order valence-corrected chi connectivity index (χ4v) is 1.13. The predicted molar refractivity (Wildman–Crippen MR) is 55.8 cm³/mol. The molecule has 0 amide bonds. The van der Waals surface area contributed by atoms with Gasteiger partial charge < -0.3 is 5.32 Å². The van der Waals surface area contributed by atoms with Crippen LogP contribution < -0.4 is 5.32 Å². The molecular weight excluding hydrogens is 202 g/mol. The zero-order valence-electron chi connectivity index (χ0n) is 8.34. The van der Waals surface area contributed by atoms with Crippen LogP contribution in [0.25, 0.3) is 0 Å². The fraction of sp³-hybridized carbons (Fsp3) is 0.444. The molecule has 0 saturated heterocycles. The van der Waals surface area contributed by atoms with E-state index in [0.717, 1.165) is 0 Å². The van der Waals surface area contributed by atoms with Gasteiger partial charge in [-0.3, -0.25) is 4.79 Å². The highest BCUT2D eigenvalue weighted by atomic mass is 35.5. The number of Topliss-reactive ketones (excluding diaryl/α,β-unsaturated/α-hetero) is 1. The molecule has 0 atom stereocenters. The molecule has 0 fully saturated rings. The third kappa shape index (κ3) is 2.67. The van der Waals surface area contributed by atoms with Crippen LogP contribution in [0, 0.1) is 0 Å². The number of anilines is 1. The lowest BCUT2D eigenvalue weighted by atomic mass is 10.2. The molecule has 0 aromatic carbocycles. The van der Waals surface area contributed by atoms with Crippen molar-refractivity contribution in [1.29, 1.82) is 0 Å². The molecule has 1 N–H and O–H groups in total. The number of nitrogens with zero attached hydrogens (tertiary/aromatic N) is 2. The molecule has 0 aliphatic rings. The lowest BCUT2D eigenvalue weighted by molar-refractivity contribution is 0.101. The summed E-state index contributed by atoms with van der Waals surface area (Å²) in [4.78, 5) is 18.9. The Kier molecular flexibility index (Phi) is 3.41. The molecular formula is C9H12ClN3O. The SMILES string of the molecule is CC(=O)c1cnc(Cl)nc1NC(C)C. The largest absolute Gasteiger partial charge is 0.367 e. The Labute approximate surface area is 87.7 Å². The first-order valence-electron chi connectivity index (χ1n) is 4.30. The molecule has 0 radical (unpaired) electrons. The quantitative estimate of drug-likeness (QED) is 0.618. The lowest BCUT2D eigenvalue weighted by Crippen LogP contribution is -2.14. The predicted octanol–water partition coefficient (Wildman–Crippen LogP) is 2.15. The normalized spacial score (nSPS) is 10.4. The summed E-state index contributed by atoms with van der Waals surface area (Å²) >= 11 is 5.63. The van der Waals surface area contributed by atoms with Gasteiger partial charge >= 0.3 is 0 Å². The van der Waals surface area contributed by atoms with Gasteiger partial charge in [-0.15, -0.1) is 0 Å². The smallest absolute Gasteiger partial charge is 0.224 e. The zero-order chi connectivity index (χ0) is 10.7. The third-order valence-corrected chi connectivity index (χ3v) is 1.75. The van der Waals surface area contributed by atoms with Crippen molar-refractivity contribution in [3.8, 4) is 0 Å². The summed E-state index contributed by atoms with van der Waals surface area (Å²) < 4.78 is 0. The summed E-state index contributed by atoms with van der Waals surface area (Å²) in [5.41, 5.74) is 0.461. The lowest BCUT2D eigenvalue weighted by Gasteiger charge is -2.11. The van der Waals surface area contributed by atoms with Crippen molar-refractivity contribution in [2.75, 3.05) is 5.32 Å². The van der Waals surface area contributed by atoms with E-state index in [1.165, 1.54) is 13.1 Å². The van der Waals surface area contributed by atoms with Gasteiger partial charge in [0.1, 0.15) is 5.82 Å². The van der Waals surface area contributed by atoms with E-state index in [4.69, 9.17) is 11.6 Å². The van der Waals surface area contributed by atoms with Crippen LogP contribution in [0.15, 0.2) is 6.20 Å². The number of ketones is 1. The van der Waals surface area contributed by atoms with E-state index in [1.54, 1.807) is 0 Å². The van der Waals surface area contributed by atoms with E-state index in [2.05, 4.69) is 15.3 Å². The summed E-state index contributed by atoms with van der Waals surface area (Å²) in [5, 5.41) is 3.18. The number of nitrogens with one attached hydrogen (secondary N) is 1. The van der Waals surface area contributed by atoms with Crippen LogP contribution in [0.4, 0.5) is 5.82 Å². The molecule has 0 bridgehead atoms. The Morgan fingerprint density at radius 3 is 2.71 bits per heavy atom. The van der Waals surface area contributed by atoms with Gasteiger partial charge in [0.05, 0.1) is 5.56 Å². The van der Waals surface area contributed by atoms with Crippen LogP contribution in [0.2, 0.25) is 5.28 Å². The highest BCUT2D eigenvalue weighted by Gasteiger charge is 2.10. The Morgan fingerprint density at radius 2 is 2.21 bits per heavy atom. The Morgan fingerprint density at radius 1 is 1.57 bits per heavy atom. The second-order valence-corrected chi connectivity index (χ2v) is 3.59. The molecule has 0 saturated carbocycles. The fourth-order valence-electron chi connectivity index (χ4n) is 1.00. The first kappa shape index (κ1) is 10.9. The minimum Gasteiger partial charge on any atom is -0.367 e. The van der Waals surface area contributed by atoms with Crippen molar-refractivity contribution in [1.82, 2.24) is 9.97 Å². The molecule has 1 rings (SSSR count). The number of carbonyl (C=O) groups excluding carboxylic acids is 1. The molecule has 4 nitrogen and oxygen atoms in total. The minimum absolute atomic E-state index is 0.0789. The van der Waals surface area contributed by atoms with Crippen molar-refractivity contribution in [3.63, 3.8) is 0 Å². The number of hydrogen-bond acceptors (Lipinski definition) is 4. The molecule has 0 spiro atoms. The van der Waals surface area contributed by atoms with E-state index < -0.39 is 0 Å². The average molecular weight is 214 g/mol. The molecule has 14 heavy (non-hydrogen) atoms. The van der Waals surface area contributed by atoms with Crippen molar-refractivity contribution >= 4 is 23.2 Å². The van der Waals surface area contributed by atoms with Crippen LogP contribution in [0.3, 0.4) is 0 Å². The van der Waals surface area contributed by atoms with Crippen molar-refractivity contribution in [3.05, 3.63) is 17.0 Å². The number of rotatable bonds is 3. The molecule has 0 aliphatic carbocycles. The maximum atomic E-state index is 11.2. The van der Waals surface area contributed by atoms with E-state index in [-0.39, 0.29) is 17.1 Å². The van der Waals surface area contributed by atoms with Gasteiger partial charge in [-0.2, -0.15) is 0 Å². The van der Waals surface area contributed by atoms with Gasteiger partial charge in [-0.25, -0.2) is 9.97 Å². The third-order valence-electron chi connectivity index (χ3n) is 1.56. The topological polar surface area (TPSA) is 54.9 Å². The van der Waals surface area contributed by atoms with E-state index in [0.29, 0.717) is 11.4 Å². The molecule has 0 aliphatic heterocycles. The zero-order valence-corrected chi connectivity index (χ0v) is 9.09. The van der Waals surface area contributed by atoms with Gasteiger partial charge in [-0.1, -0.05) is 0 Å². The van der Waals surface area contributed by atoms with Gasteiger partial charge in [0.25, 0.3) is 0 Å². The highest BCUT2D eigenvalue weighted by Crippen LogP contribution is 2.15. The standard InChI is InChI=1S/C9H12ClN3O/c1-5(2)12-8-7(6(3)14)4-11-9(10)13-8/h4-5H,1-3H3,(H,11,12,13). The van der Waals surface area contributed by atoms with E-state index in [1.807, 2.05) is 13.8 Å². The van der Waals surface area contributed by atoms with Crippen LogP contribution in [-0.2, 0) is 0 Å². The Bertz CT molecular complexity index is 352. The Hall–Kier alpha value is -1.16. The maximum absolute atomic E-state index is 11.2. The van der Waals surface area contributed by atoms with Crippen molar-refractivity contribution in [2.24, 2.45) is 0 Å². The molecule has 1 aromatic heterocycles. The molecule has 5 heteroatoms. The molecule has 0 unspecified atom stereocenters. The average Bonchev–Trinajstić information content (AvgIpc) is 2.01. The van der Waals surface area contributed by atoms with E-state index in [9.17, 15) is 4.79 Å². The molecule has 1 heterocycles. The number of hydrogen-bond donors (Lipinski definition) is 1. The maximum Gasteiger partial charge on any atom is 0.224 e. The van der Waals surface area contributed by atoms with Crippen molar-refractivity contribution < 1.29 is 4.79 Å². The van der Waals surface area contributed by atoms with Crippen LogP contribution in [0.5, 0.6) is 0 Å². The summed E-state index contributed by atoms with van der Waals surface area (Å²) in [7, 11) is 0. The van der Waals surface area contributed by atoms with E-state index >= 15 is 0 Å². The van der Waals surface area contributed by atoms with Gasteiger partial charge in [-0.05, 0) is 32.4 Å². The van der Waals surface area contributed by atoms with Gasteiger partial charge in [0, 0.05) is 12.2 Å². The minimum atomic E-state index is -0.0789. The first-order chi connectivity index (χ1) is 6.50. The monoisotopic (exact) mass is 213 g/mol. The second-order valence-electron chi connectivity index (χ2n) is 3.26. The summed E-state index contributed by atoms with van der Waals surface area (Å²) in [5.74, 6) is 0.414. The Balaban J connectivity index is 3.09. The van der Waals surface area contributed by atoms with Crippen molar-refractivity contribution in [2.45, 2.75) is 26.8 Å². The number of halogens is 1. The summed E-state index contributed by atoms with van der Waals surface area (Å²) in [6.45, 7) is 5.39. The van der Waals surface area contributed by atoms with Gasteiger partial charge in [0.15, 0.2) is 5.78 Å². The highest BCUT2D eigenvalue weighted by molar-refractivity contribution is 6.28. The van der Waals surface area contributed by atoms with Crippen LogP contribution in [0.1, 0.15) is 31.1 Å². The summed E-state index contributed by atoms with van der Waals surface area (Å²) in [6.07, 6.45) is 1.43. The second kappa shape index (κ2) is 4.37. The first-order valence-corrected chi connectivity index (χ1v) is 4.68. The van der Waals surface area contributed by atoms with Crippen LogP contribution >= 0.6 is 11.6 Å². The number of aromatic nitrogens is 2. The van der Waals surface area contributed by atoms with Crippen LogP contribution in [-0.4, -0.2) is 21.8 Å². The molecule has 1 aromatic rings.